The zero-order chi connectivity index (χ0) is 14.4. The minimum Gasteiger partial charge on any atom is -0.314 e. The quantitative estimate of drug-likeness (QED) is 0.851. The van der Waals surface area contributed by atoms with Crippen molar-refractivity contribution >= 4 is 11.8 Å². The van der Waals surface area contributed by atoms with Gasteiger partial charge in [-0.3, -0.25) is 0 Å². The maximum atomic E-state index is 13.3. The van der Waals surface area contributed by atoms with Crippen molar-refractivity contribution in [3.63, 3.8) is 0 Å². The second kappa shape index (κ2) is 7.99. The molecule has 1 saturated heterocycles. The molecule has 1 N–H and O–H groups in total. The molecule has 0 aliphatic carbocycles. The van der Waals surface area contributed by atoms with E-state index in [1.165, 1.54) is 36.5 Å². The third kappa shape index (κ3) is 5.06. The summed E-state index contributed by atoms with van der Waals surface area (Å²) in [5.41, 5.74) is 0.749. The summed E-state index contributed by atoms with van der Waals surface area (Å²) in [4.78, 5) is 0. The fourth-order valence-corrected chi connectivity index (χ4v) is 4.13. The summed E-state index contributed by atoms with van der Waals surface area (Å²) in [6.45, 7) is 2.97. The molecule has 0 radical (unpaired) electrons. The summed E-state index contributed by atoms with van der Waals surface area (Å²) in [7, 11) is 0. The van der Waals surface area contributed by atoms with Crippen molar-refractivity contribution < 1.29 is 8.78 Å². The first-order valence-electron chi connectivity index (χ1n) is 7.43. The van der Waals surface area contributed by atoms with E-state index in [9.17, 15) is 8.78 Å². The van der Waals surface area contributed by atoms with Crippen molar-refractivity contribution in [1.82, 2.24) is 5.32 Å². The number of rotatable bonds is 6. The molecule has 4 heteroatoms. The van der Waals surface area contributed by atoms with Crippen LogP contribution in [-0.2, 0) is 6.42 Å². The second-order valence-electron chi connectivity index (χ2n) is 5.53. The van der Waals surface area contributed by atoms with E-state index in [1.807, 2.05) is 11.8 Å². The molecule has 1 heterocycles. The molecule has 1 fully saturated rings. The molecule has 1 aromatic carbocycles. The van der Waals surface area contributed by atoms with Gasteiger partial charge >= 0.3 is 0 Å². The van der Waals surface area contributed by atoms with Crippen molar-refractivity contribution in [1.29, 1.82) is 0 Å². The van der Waals surface area contributed by atoms with E-state index in [0.717, 1.165) is 30.5 Å². The van der Waals surface area contributed by atoms with Crippen LogP contribution >= 0.6 is 11.8 Å². The van der Waals surface area contributed by atoms with Crippen LogP contribution in [0.15, 0.2) is 18.2 Å². The average molecular weight is 299 g/mol. The summed E-state index contributed by atoms with van der Waals surface area (Å²) in [5.74, 6) is 2.28. The Morgan fingerprint density at radius 1 is 1.20 bits per heavy atom. The molecule has 1 atom stereocenters. The Bertz CT molecular complexity index is 399. The first kappa shape index (κ1) is 15.8. The van der Waals surface area contributed by atoms with Gasteiger partial charge in [-0.15, -0.1) is 0 Å². The zero-order valence-electron chi connectivity index (χ0n) is 12.0. The van der Waals surface area contributed by atoms with Gasteiger partial charge in [0.2, 0.25) is 0 Å². The zero-order valence-corrected chi connectivity index (χ0v) is 12.8. The predicted octanol–water partition coefficient (Wildman–Crippen LogP) is 4.02. The first-order chi connectivity index (χ1) is 9.67. The Morgan fingerprint density at radius 3 is 2.45 bits per heavy atom. The van der Waals surface area contributed by atoms with Gasteiger partial charge in [0.25, 0.3) is 0 Å². The number of thioether (sulfide) groups is 1. The van der Waals surface area contributed by atoms with Gasteiger partial charge in [-0.25, -0.2) is 8.78 Å². The second-order valence-corrected chi connectivity index (χ2v) is 6.75. The summed E-state index contributed by atoms with van der Waals surface area (Å²) < 4.78 is 26.5. The van der Waals surface area contributed by atoms with Gasteiger partial charge < -0.3 is 5.32 Å². The number of halogens is 2. The Kier molecular flexibility index (Phi) is 6.30. The summed E-state index contributed by atoms with van der Waals surface area (Å²) in [5, 5.41) is 3.47. The molecule has 2 rings (SSSR count). The molecule has 1 nitrogen and oxygen atoms in total. The van der Waals surface area contributed by atoms with E-state index in [1.54, 1.807) is 0 Å². The highest BCUT2D eigenvalue weighted by atomic mass is 32.2. The molecule has 1 aromatic rings. The Labute approximate surface area is 124 Å². The van der Waals surface area contributed by atoms with Crippen LogP contribution in [0.3, 0.4) is 0 Å². The van der Waals surface area contributed by atoms with Gasteiger partial charge in [-0.2, -0.15) is 11.8 Å². The highest BCUT2D eigenvalue weighted by molar-refractivity contribution is 7.99. The van der Waals surface area contributed by atoms with Crippen molar-refractivity contribution in [3.8, 4) is 0 Å². The third-order valence-electron chi connectivity index (χ3n) is 3.86. The molecule has 20 heavy (non-hydrogen) atoms. The largest absolute Gasteiger partial charge is 0.314 e. The van der Waals surface area contributed by atoms with Crippen LogP contribution < -0.4 is 5.32 Å². The van der Waals surface area contributed by atoms with E-state index < -0.39 is 11.6 Å². The van der Waals surface area contributed by atoms with Crippen LogP contribution in [0.2, 0.25) is 0 Å². The molecule has 0 saturated carbocycles. The Hall–Kier alpha value is -0.610. The van der Waals surface area contributed by atoms with Gasteiger partial charge in [0.15, 0.2) is 0 Å². The average Bonchev–Trinajstić information content (AvgIpc) is 2.39. The molecule has 0 spiro atoms. The van der Waals surface area contributed by atoms with E-state index >= 15 is 0 Å². The van der Waals surface area contributed by atoms with Gasteiger partial charge in [-0.05, 0) is 67.3 Å². The predicted molar refractivity (Wildman–Crippen MR) is 82.2 cm³/mol. The topological polar surface area (TPSA) is 12.0 Å². The molecule has 1 unspecified atom stereocenters. The smallest absolute Gasteiger partial charge is 0.126 e. The summed E-state index contributed by atoms with van der Waals surface area (Å²) >= 11 is 2.03. The highest BCUT2D eigenvalue weighted by Crippen LogP contribution is 2.27. The lowest BCUT2D eigenvalue weighted by Crippen LogP contribution is -2.34. The first-order valence-corrected chi connectivity index (χ1v) is 8.59. The van der Waals surface area contributed by atoms with Crippen molar-refractivity contribution in [3.05, 3.63) is 35.4 Å². The SMILES string of the molecule is CCNC(Cc1cc(F)cc(F)c1)CC1CCSCC1. The van der Waals surface area contributed by atoms with Crippen LogP contribution in [0, 0.1) is 17.6 Å². The van der Waals surface area contributed by atoms with Gasteiger partial charge in [0, 0.05) is 12.1 Å². The molecule has 112 valence electrons. The van der Waals surface area contributed by atoms with E-state index in [4.69, 9.17) is 0 Å². The number of hydrogen-bond donors (Lipinski definition) is 1. The van der Waals surface area contributed by atoms with E-state index in [-0.39, 0.29) is 0 Å². The van der Waals surface area contributed by atoms with Gasteiger partial charge in [0.1, 0.15) is 11.6 Å². The maximum absolute atomic E-state index is 13.3. The van der Waals surface area contributed by atoms with Gasteiger partial charge in [0.05, 0.1) is 0 Å². The molecule has 0 amide bonds. The number of benzene rings is 1. The lowest BCUT2D eigenvalue weighted by atomic mass is 9.91. The third-order valence-corrected chi connectivity index (χ3v) is 4.90. The van der Waals surface area contributed by atoms with E-state index in [0.29, 0.717) is 12.5 Å². The molecular formula is C16H23F2NS. The fourth-order valence-electron chi connectivity index (χ4n) is 2.93. The van der Waals surface area contributed by atoms with E-state index in [2.05, 4.69) is 12.2 Å². The molecular weight excluding hydrogens is 276 g/mol. The normalized spacial score (nSPS) is 18.1. The van der Waals surface area contributed by atoms with Crippen LogP contribution in [-0.4, -0.2) is 24.1 Å². The van der Waals surface area contributed by atoms with Crippen molar-refractivity contribution in [2.45, 2.75) is 38.6 Å². The standard InChI is InChI=1S/C16H23F2NS/c1-2-19-16(9-12-3-5-20-6-4-12)10-13-7-14(17)11-15(18)8-13/h7-8,11-12,16,19H,2-6,9-10H2,1H3. The molecule has 1 aliphatic rings. The van der Waals surface area contributed by atoms with Crippen LogP contribution in [0.4, 0.5) is 8.78 Å². The Balaban J connectivity index is 1.96. The van der Waals surface area contributed by atoms with Crippen LogP contribution in [0.25, 0.3) is 0 Å². The fraction of sp³-hybridized carbons (Fsp3) is 0.625. The number of likely N-dealkylation sites (N-methyl/N-ethyl adjacent to an activating group) is 1. The van der Waals surface area contributed by atoms with Crippen LogP contribution in [0.1, 0.15) is 31.7 Å². The monoisotopic (exact) mass is 299 g/mol. The minimum atomic E-state index is -0.482. The lowest BCUT2D eigenvalue weighted by molar-refractivity contribution is 0.366. The molecule has 0 aromatic heterocycles. The number of nitrogens with one attached hydrogen (secondary N) is 1. The summed E-state index contributed by atoms with van der Waals surface area (Å²) in [6, 6.07) is 4.15. The Morgan fingerprint density at radius 2 is 1.85 bits per heavy atom. The highest BCUT2D eigenvalue weighted by Gasteiger charge is 2.19. The summed E-state index contributed by atoms with van der Waals surface area (Å²) in [6.07, 6.45) is 4.34. The molecule has 1 aliphatic heterocycles. The lowest BCUT2D eigenvalue weighted by Gasteiger charge is -2.27. The van der Waals surface area contributed by atoms with Crippen molar-refractivity contribution in [2.24, 2.45) is 5.92 Å². The minimum absolute atomic E-state index is 0.314. The number of hydrogen-bond acceptors (Lipinski definition) is 2. The molecule has 0 bridgehead atoms. The van der Waals surface area contributed by atoms with Crippen LogP contribution in [0.5, 0.6) is 0 Å². The van der Waals surface area contributed by atoms with Crippen molar-refractivity contribution in [2.75, 3.05) is 18.1 Å². The van der Waals surface area contributed by atoms with Gasteiger partial charge in [-0.1, -0.05) is 6.92 Å². The maximum Gasteiger partial charge on any atom is 0.126 e.